The van der Waals surface area contributed by atoms with Gasteiger partial charge in [-0.3, -0.25) is 9.59 Å². The lowest BCUT2D eigenvalue weighted by Gasteiger charge is -2.32. The van der Waals surface area contributed by atoms with Gasteiger partial charge in [0.2, 0.25) is 11.8 Å². The third-order valence-electron chi connectivity index (χ3n) is 5.24. The molecule has 3 N–H and O–H groups in total. The number of amides is 2. The third kappa shape index (κ3) is 4.48. The first-order valence-electron chi connectivity index (χ1n) is 9.61. The highest BCUT2D eigenvalue weighted by Gasteiger charge is 2.45. The van der Waals surface area contributed by atoms with Gasteiger partial charge in [0.25, 0.3) is 0 Å². The molecule has 29 heavy (non-hydrogen) atoms. The monoisotopic (exact) mass is 418 g/mol. The molecule has 0 spiro atoms. The number of nitrogens with one attached hydrogen (secondary N) is 1. The molecule has 1 unspecified atom stereocenters. The van der Waals surface area contributed by atoms with Crippen molar-refractivity contribution in [3.05, 3.63) is 35.5 Å². The Hall–Kier alpha value is -2.32. The van der Waals surface area contributed by atoms with Gasteiger partial charge in [-0.2, -0.15) is 0 Å². The Balaban J connectivity index is 1.73. The van der Waals surface area contributed by atoms with E-state index in [1.807, 2.05) is 39.8 Å². The van der Waals surface area contributed by atoms with Crippen LogP contribution in [0.3, 0.4) is 0 Å². The third-order valence-corrected chi connectivity index (χ3v) is 6.21. The summed E-state index contributed by atoms with van der Waals surface area (Å²) < 4.78 is 14.5. The average Bonchev–Trinajstić information content (AvgIpc) is 3.26. The lowest BCUT2D eigenvalue weighted by Crippen LogP contribution is -2.55. The van der Waals surface area contributed by atoms with Crippen LogP contribution in [0.1, 0.15) is 32.9 Å². The van der Waals surface area contributed by atoms with Crippen molar-refractivity contribution in [2.45, 2.75) is 52.4 Å². The van der Waals surface area contributed by atoms with Crippen molar-refractivity contribution in [3.63, 3.8) is 0 Å². The molecule has 6 nitrogen and oxygen atoms in total. The molecule has 2 heterocycles. The van der Waals surface area contributed by atoms with Gasteiger partial charge in [-0.15, -0.1) is 11.3 Å². The van der Waals surface area contributed by atoms with E-state index in [4.69, 9.17) is 5.73 Å². The standard InChI is InChI=1S/C21H27FN4O2S/c1-12-17(29-11-24-12)13-5-7-14(8-6-13)25-19(27)16-15(22)9-10-26(16)20(28)18(23)21(2,3)4/h5-8,11,15-16,18H,9-10,23H2,1-4H3,(H,25,27)/t15-,16?,18+/m0/s1. The number of anilines is 1. The van der Waals surface area contributed by atoms with Crippen LogP contribution >= 0.6 is 11.3 Å². The van der Waals surface area contributed by atoms with Gasteiger partial charge in [-0.05, 0) is 36.5 Å². The van der Waals surface area contributed by atoms with E-state index < -0.39 is 35.5 Å². The molecule has 156 valence electrons. The van der Waals surface area contributed by atoms with Gasteiger partial charge in [0.15, 0.2) is 0 Å². The number of rotatable bonds is 4. The molecule has 8 heteroatoms. The van der Waals surface area contributed by atoms with Crippen molar-refractivity contribution < 1.29 is 14.0 Å². The summed E-state index contributed by atoms with van der Waals surface area (Å²) in [4.78, 5) is 32.1. The molecule has 0 aliphatic carbocycles. The lowest BCUT2D eigenvalue weighted by molar-refractivity contribution is -0.140. The summed E-state index contributed by atoms with van der Waals surface area (Å²) in [6.45, 7) is 7.67. The Morgan fingerprint density at radius 3 is 2.52 bits per heavy atom. The number of carbonyl (C=O) groups excluding carboxylic acids is 2. The second-order valence-corrected chi connectivity index (χ2v) is 9.31. The van der Waals surface area contributed by atoms with Gasteiger partial charge in [0.05, 0.1) is 22.1 Å². The normalized spacial score (nSPS) is 20.6. The molecule has 0 radical (unpaired) electrons. The highest BCUT2D eigenvalue weighted by atomic mass is 32.1. The Bertz CT molecular complexity index is 891. The fourth-order valence-electron chi connectivity index (χ4n) is 3.36. The molecule has 1 aromatic heterocycles. The smallest absolute Gasteiger partial charge is 0.250 e. The Kier molecular flexibility index (Phi) is 6.05. The molecule has 3 atom stereocenters. The number of aromatic nitrogens is 1. The number of benzene rings is 1. The van der Waals surface area contributed by atoms with Gasteiger partial charge in [0, 0.05) is 12.2 Å². The summed E-state index contributed by atoms with van der Waals surface area (Å²) in [5, 5.41) is 2.74. The Morgan fingerprint density at radius 1 is 1.31 bits per heavy atom. The molecule has 2 aromatic rings. The molecule has 1 aromatic carbocycles. The molecule has 0 saturated carbocycles. The van der Waals surface area contributed by atoms with E-state index >= 15 is 0 Å². The molecule has 2 amide bonds. The van der Waals surface area contributed by atoms with Crippen molar-refractivity contribution in [1.29, 1.82) is 0 Å². The number of aryl methyl sites for hydroxylation is 1. The molecule has 1 saturated heterocycles. The van der Waals surface area contributed by atoms with Gasteiger partial charge in [-0.25, -0.2) is 9.37 Å². The summed E-state index contributed by atoms with van der Waals surface area (Å²) in [5.41, 5.74) is 9.87. The second-order valence-electron chi connectivity index (χ2n) is 8.46. The van der Waals surface area contributed by atoms with E-state index in [0.717, 1.165) is 16.1 Å². The summed E-state index contributed by atoms with van der Waals surface area (Å²) >= 11 is 1.55. The highest BCUT2D eigenvalue weighted by Crippen LogP contribution is 2.29. The van der Waals surface area contributed by atoms with Crippen molar-refractivity contribution in [2.24, 2.45) is 11.1 Å². The number of hydrogen-bond acceptors (Lipinski definition) is 5. The number of thiazole rings is 1. The highest BCUT2D eigenvalue weighted by molar-refractivity contribution is 7.13. The zero-order valence-corrected chi connectivity index (χ0v) is 17.9. The summed E-state index contributed by atoms with van der Waals surface area (Å²) in [6, 6.07) is 5.33. The summed E-state index contributed by atoms with van der Waals surface area (Å²) in [5.74, 6) is -0.931. The van der Waals surface area contributed by atoms with E-state index in [-0.39, 0.29) is 13.0 Å². The van der Waals surface area contributed by atoms with Crippen LogP contribution in [0.5, 0.6) is 0 Å². The maximum Gasteiger partial charge on any atom is 0.250 e. The van der Waals surface area contributed by atoms with E-state index in [9.17, 15) is 14.0 Å². The maximum atomic E-state index is 14.5. The van der Waals surface area contributed by atoms with E-state index in [1.54, 1.807) is 29.0 Å². The number of nitrogens with two attached hydrogens (primary N) is 1. The fraction of sp³-hybridized carbons (Fsp3) is 0.476. The zero-order valence-electron chi connectivity index (χ0n) is 17.1. The minimum atomic E-state index is -1.41. The maximum absolute atomic E-state index is 14.5. The summed E-state index contributed by atoms with van der Waals surface area (Å²) in [7, 11) is 0. The molecule has 0 bridgehead atoms. The SMILES string of the molecule is Cc1ncsc1-c1ccc(NC(=O)C2[C@@H](F)CCN2C(=O)[C@@H](N)C(C)(C)C)cc1. The average molecular weight is 419 g/mol. The molecular formula is C21H27FN4O2S. The van der Waals surface area contributed by atoms with Gasteiger partial charge in [-0.1, -0.05) is 32.9 Å². The number of alkyl halides is 1. The predicted molar refractivity (Wildman–Crippen MR) is 113 cm³/mol. The van der Waals surface area contributed by atoms with Gasteiger partial charge >= 0.3 is 0 Å². The van der Waals surface area contributed by atoms with Crippen LogP contribution in [0, 0.1) is 12.3 Å². The van der Waals surface area contributed by atoms with Crippen LogP contribution in [0.25, 0.3) is 10.4 Å². The lowest BCUT2D eigenvalue weighted by atomic mass is 9.86. The number of likely N-dealkylation sites (tertiary alicyclic amines) is 1. The molecule has 1 aliphatic rings. The van der Waals surface area contributed by atoms with Crippen molar-refractivity contribution in [2.75, 3.05) is 11.9 Å². The topological polar surface area (TPSA) is 88.3 Å². The minimum absolute atomic E-state index is 0.129. The molecule has 1 aliphatic heterocycles. The Morgan fingerprint density at radius 2 is 1.97 bits per heavy atom. The molecule has 3 rings (SSSR count). The van der Waals surface area contributed by atoms with Crippen LogP contribution in [0.4, 0.5) is 10.1 Å². The quantitative estimate of drug-likeness (QED) is 0.797. The van der Waals surface area contributed by atoms with Crippen LogP contribution in [0.2, 0.25) is 0 Å². The van der Waals surface area contributed by atoms with Crippen LogP contribution in [-0.4, -0.2) is 46.5 Å². The number of carbonyl (C=O) groups is 2. The van der Waals surface area contributed by atoms with E-state index in [1.165, 1.54) is 4.90 Å². The molecule has 1 fully saturated rings. The number of halogens is 1. The van der Waals surface area contributed by atoms with E-state index in [2.05, 4.69) is 10.3 Å². The first kappa shape index (κ1) is 21.4. The number of nitrogens with zero attached hydrogens (tertiary/aromatic N) is 2. The predicted octanol–water partition coefficient (Wildman–Crippen LogP) is 3.37. The summed E-state index contributed by atoms with van der Waals surface area (Å²) in [6.07, 6.45) is -1.28. The van der Waals surface area contributed by atoms with Crippen LogP contribution < -0.4 is 11.1 Å². The van der Waals surface area contributed by atoms with E-state index in [0.29, 0.717) is 5.69 Å². The van der Waals surface area contributed by atoms with Crippen molar-refractivity contribution >= 4 is 28.8 Å². The van der Waals surface area contributed by atoms with Gasteiger partial charge < -0.3 is 16.0 Å². The van der Waals surface area contributed by atoms with Crippen LogP contribution in [-0.2, 0) is 9.59 Å². The minimum Gasteiger partial charge on any atom is -0.326 e. The first-order valence-corrected chi connectivity index (χ1v) is 10.5. The van der Waals surface area contributed by atoms with Crippen LogP contribution in [0.15, 0.2) is 29.8 Å². The van der Waals surface area contributed by atoms with Crippen molar-refractivity contribution in [3.8, 4) is 10.4 Å². The Labute approximate surface area is 174 Å². The second kappa shape index (κ2) is 8.20. The zero-order chi connectivity index (χ0) is 21.3. The largest absolute Gasteiger partial charge is 0.326 e. The number of hydrogen-bond donors (Lipinski definition) is 2. The fourth-order valence-corrected chi connectivity index (χ4v) is 4.17. The van der Waals surface area contributed by atoms with Gasteiger partial charge in [0.1, 0.15) is 12.2 Å². The first-order chi connectivity index (χ1) is 13.6. The molecular weight excluding hydrogens is 391 g/mol. The van der Waals surface area contributed by atoms with Crippen molar-refractivity contribution in [1.82, 2.24) is 9.88 Å².